The van der Waals surface area contributed by atoms with Gasteiger partial charge in [0.15, 0.2) is 0 Å². The molecule has 0 spiro atoms. The van der Waals surface area contributed by atoms with Crippen LogP contribution in [0.25, 0.3) is 0 Å². The quantitative estimate of drug-likeness (QED) is 0.929. The molecule has 0 atom stereocenters. The van der Waals surface area contributed by atoms with Gasteiger partial charge in [0.2, 0.25) is 5.76 Å². The Bertz CT molecular complexity index is 577. The number of fused-ring (bicyclic) bond motifs is 1. The molecule has 0 bridgehead atoms. The monoisotopic (exact) mass is 287 g/mol. The summed E-state index contributed by atoms with van der Waals surface area (Å²) in [6, 6.07) is 6.51. The number of benzene rings is 1. The van der Waals surface area contributed by atoms with Crippen molar-refractivity contribution in [1.82, 2.24) is 5.32 Å². The van der Waals surface area contributed by atoms with E-state index >= 15 is 0 Å². The number of hydrogen-bond acceptors (Lipinski definition) is 3. The van der Waals surface area contributed by atoms with E-state index in [2.05, 4.69) is 23.5 Å². The Hall–Kier alpha value is -1.97. The normalized spacial score (nSPS) is 17.6. The molecule has 0 saturated heterocycles. The van der Waals surface area contributed by atoms with Gasteiger partial charge in [-0.05, 0) is 49.3 Å². The van der Waals surface area contributed by atoms with Gasteiger partial charge in [-0.15, -0.1) is 0 Å². The molecule has 1 aromatic rings. The highest BCUT2D eigenvalue weighted by molar-refractivity contribution is 5.91. The third-order valence-electron chi connectivity index (χ3n) is 4.04. The molecule has 0 aromatic heterocycles. The molecular weight excluding hydrogens is 266 g/mol. The number of carbonyl (C=O) groups excluding carboxylic acids is 1. The zero-order chi connectivity index (χ0) is 14.7. The fourth-order valence-corrected chi connectivity index (χ4v) is 2.89. The fourth-order valence-electron chi connectivity index (χ4n) is 2.89. The van der Waals surface area contributed by atoms with Crippen molar-refractivity contribution in [3.8, 4) is 0 Å². The van der Waals surface area contributed by atoms with Crippen molar-refractivity contribution in [1.29, 1.82) is 0 Å². The molecule has 1 amide bonds. The smallest absolute Gasteiger partial charge is 0.290 e. The predicted octanol–water partition coefficient (Wildman–Crippen LogP) is 2.46. The average Bonchev–Trinajstić information content (AvgIpc) is 2.53. The zero-order valence-corrected chi connectivity index (χ0v) is 12.4. The van der Waals surface area contributed by atoms with Crippen LogP contribution in [-0.4, -0.2) is 19.1 Å². The summed E-state index contributed by atoms with van der Waals surface area (Å²) in [5.74, 6) is 0.660. The molecule has 3 rings (SSSR count). The third-order valence-corrected chi connectivity index (χ3v) is 4.04. The molecule has 4 heteroatoms. The maximum Gasteiger partial charge on any atom is 0.290 e. The third kappa shape index (κ3) is 3.20. The van der Waals surface area contributed by atoms with Gasteiger partial charge in [0, 0.05) is 6.54 Å². The molecule has 1 aliphatic carbocycles. The highest BCUT2D eigenvalue weighted by atomic mass is 16.6. The van der Waals surface area contributed by atoms with E-state index in [0.29, 0.717) is 31.3 Å². The minimum absolute atomic E-state index is 0.204. The van der Waals surface area contributed by atoms with Crippen molar-refractivity contribution in [2.45, 2.75) is 39.2 Å². The average molecular weight is 287 g/mol. The highest BCUT2D eigenvalue weighted by Crippen LogP contribution is 2.22. The molecule has 1 aromatic carbocycles. The second kappa shape index (κ2) is 6.20. The molecule has 0 fully saturated rings. The Labute approximate surface area is 125 Å². The molecule has 2 aliphatic rings. The summed E-state index contributed by atoms with van der Waals surface area (Å²) in [6.07, 6.45) is 4.88. The van der Waals surface area contributed by atoms with E-state index in [0.717, 1.165) is 12.0 Å². The van der Waals surface area contributed by atoms with Gasteiger partial charge in [-0.2, -0.15) is 0 Å². The van der Waals surface area contributed by atoms with Crippen molar-refractivity contribution in [3.05, 3.63) is 46.4 Å². The van der Waals surface area contributed by atoms with Gasteiger partial charge < -0.3 is 14.8 Å². The molecule has 1 N–H and O–H groups in total. The minimum Gasteiger partial charge on any atom is -0.491 e. The second-order valence-corrected chi connectivity index (χ2v) is 5.58. The van der Waals surface area contributed by atoms with Gasteiger partial charge in [-0.1, -0.05) is 18.2 Å². The zero-order valence-electron chi connectivity index (χ0n) is 12.4. The lowest BCUT2D eigenvalue weighted by Gasteiger charge is -2.20. The van der Waals surface area contributed by atoms with E-state index in [1.54, 1.807) is 6.92 Å². The van der Waals surface area contributed by atoms with Crippen LogP contribution < -0.4 is 5.32 Å². The topological polar surface area (TPSA) is 47.6 Å². The molecular formula is C17H21NO3. The Morgan fingerprint density at radius 3 is 2.71 bits per heavy atom. The summed E-state index contributed by atoms with van der Waals surface area (Å²) in [5, 5.41) is 2.90. The molecule has 4 nitrogen and oxygen atoms in total. The molecule has 21 heavy (non-hydrogen) atoms. The van der Waals surface area contributed by atoms with Crippen LogP contribution in [0.2, 0.25) is 0 Å². The number of ether oxygens (including phenoxy) is 2. The van der Waals surface area contributed by atoms with Gasteiger partial charge in [-0.3, -0.25) is 4.79 Å². The number of amides is 1. The van der Waals surface area contributed by atoms with Crippen LogP contribution in [0.3, 0.4) is 0 Å². The van der Waals surface area contributed by atoms with Gasteiger partial charge in [0.1, 0.15) is 19.0 Å². The second-order valence-electron chi connectivity index (χ2n) is 5.58. The van der Waals surface area contributed by atoms with Gasteiger partial charge in [-0.25, -0.2) is 0 Å². The van der Waals surface area contributed by atoms with E-state index in [9.17, 15) is 4.79 Å². The minimum atomic E-state index is -0.204. The van der Waals surface area contributed by atoms with E-state index in [1.807, 2.05) is 0 Å². The molecule has 0 unspecified atom stereocenters. The van der Waals surface area contributed by atoms with Gasteiger partial charge in [0.05, 0.1) is 0 Å². The number of aryl methyl sites for hydroxylation is 2. The van der Waals surface area contributed by atoms with Crippen LogP contribution in [0.1, 0.15) is 36.5 Å². The first-order valence-electron chi connectivity index (χ1n) is 7.59. The van der Waals surface area contributed by atoms with Crippen LogP contribution >= 0.6 is 0 Å². The van der Waals surface area contributed by atoms with Crippen molar-refractivity contribution in [3.63, 3.8) is 0 Å². The van der Waals surface area contributed by atoms with Crippen molar-refractivity contribution >= 4 is 5.91 Å². The summed E-state index contributed by atoms with van der Waals surface area (Å²) in [4.78, 5) is 12.1. The lowest BCUT2D eigenvalue weighted by atomic mass is 9.90. The highest BCUT2D eigenvalue weighted by Gasteiger charge is 2.19. The molecule has 112 valence electrons. The summed E-state index contributed by atoms with van der Waals surface area (Å²) >= 11 is 0. The van der Waals surface area contributed by atoms with Gasteiger partial charge in [0.25, 0.3) is 5.91 Å². The lowest BCUT2D eigenvalue weighted by Crippen LogP contribution is -2.29. The predicted molar refractivity (Wildman–Crippen MR) is 79.5 cm³/mol. The maximum absolute atomic E-state index is 12.1. The summed E-state index contributed by atoms with van der Waals surface area (Å²) in [7, 11) is 0. The van der Waals surface area contributed by atoms with Crippen LogP contribution in [0.15, 0.2) is 29.7 Å². The Balaban J connectivity index is 1.63. The van der Waals surface area contributed by atoms with Crippen LogP contribution in [0, 0.1) is 0 Å². The number of allylic oxidation sites excluding steroid dienone is 1. The maximum atomic E-state index is 12.1. The van der Waals surface area contributed by atoms with E-state index < -0.39 is 0 Å². The number of nitrogens with one attached hydrogen (secondary N) is 1. The number of carbonyl (C=O) groups is 1. The van der Waals surface area contributed by atoms with Gasteiger partial charge >= 0.3 is 0 Å². The van der Waals surface area contributed by atoms with E-state index in [1.165, 1.54) is 30.4 Å². The summed E-state index contributed by atoms with van der Waals surface area (Å²) < 4.78 is 10.7. The SMILES string of the molecule is CC1=C(C(=O)NCc2ccc3c(c2)CCCC3)OCCO1. The molecule has 1 heterocycles. The Kier molecular flexibility index (Phi) is 4.13. The van der Waals surface area contributed by atoms with Crippen LogP contribution in [0.4, 0.5) is 0 Å². The van der Waals surface area contributed by atoms with Crippen molar-refractivity contribution in [2.24, 2.45) is 0 Å². The lowest BCUT2D eigenvalue weighted by molar-refractivity contribution is -0.122. The summed E-state index contributed by atoms with van der Waals surface area (Å²) in [5.41, 5.74) is 4.03. The summed E-state index contributed by atoms with van der Waals surface area (Å²) in [6.45, 7) is 3.21. The fraction of sp³-hybridized carbons (Fsp3) is 0.471. The first-order chi connectivity index (χ1) is 10.2. The van der Waals surface area contributed by atoms with E-state index in [-0.39, 0.29) is 5.91 Å². The van der Waals surface area contributed by atoms with Crippen LogP contribution in [-0.2, 0) is 33.7 Å². The van der Waals surface area contributed by atoms with E-state index in [4.69, 9.17) is 9.47 Å². The Morgan fingerprint density at radius 2 is 1.90 bits per heavy atom. The molecule has 0 saturated carbocycles. The van der Waals surface area contributed by atoms with Crippen molar-refractivity contribution in [2.75, 3.05) is 13.2 Å². The molecule has 1 aliphatic heterocycles. The number of hydrogen-bond donors (Lipinski definition) is 1. The number of rotatable bonds is 3. The largest absolute Gasteiger partial charge is 0.491 e. The first kappa shape index (κ1) is 14.0. The first-order valence-corrected chi connectivity index (χ1v) is 7.59. The van der Waals surface area contributed by atoms with Crippen LogP contribution in [0.5, 0.6) is 0 Å². The molecule has 0 radical (unpaired) electrons. The van der Waals surface area contributed by atoms with Crippen molar-refractivity contribution < 1.29 is 14.3 Å². The Morgan fingerprint density at radius 1 is 1.14 bits per heavy atom. The standard InChI is InChI=1S/C17H21NO3/c1-12-16(21-9-8-20-12)17(19)18-11-13-6-7-14-4-2-3-5-15(14)10-13/h6-7,10H,2-5,8-9,11H2,1H3,(H,18,19).